The first kappa shape index (κ1) is 15.2. The molecule has 0 spiro atoms. The third-order valence-electron chi connectivity index (χ3n) is 2.23. The van der Waals surface area contributed by atoms with Crippen LogP contribution in [-0.2, 0) is 9.59 Å². The number of carbonyl (C=O) groups is 2. The Bertz CT molecular complexity index is 398. The van der Waals surface area contributed by atoms with E-state index >= 15 is 0 Å². The molecular weight excluding hydrogens is 316 g/mol. The van der Waals surface area contributed by atoms with E-state index in [9.17, 15) is 9.59 Å². The molecule has 0 saturated heterocycles. The van der Waals surface area contributed by atoms with Crippen LogP contribution >= 0.6 is 27.7 Å². The van der Waals surface area contributed by atoms with Gasteiger partial charge in [-0.3, -0.25) is 14.5 Å². The van der Waals surface area contributed by atoms with Crippen molar-refractivity contribution in [2.24, 2.45) is 5.73 Å². The summed E-state index contributed by atoms with van der Waals surface area (Å²) in [5, 5.41) is 0. The van der Waals surface area contributed by atoms with Crippen LogP contribution in [0.4, 0.5) is 0 Å². The summed E-state index contributed by atoms with van der Waals surface area (Å²) in [6, 6.07) is 7.68. The smallest absolute Gasteiger partial charge is 0.239 e. The van der Waals surface area contributed by atoms with Crippen LogP contribution < -0.4 is 5.73 Å². The predicted molar refractivity (Wildman–Crippen MR) is 76.3 cm³/mol. The van der Waals surface area contributed by atoms with E-state index in [1.165, 1.54) is 16.7 Å². The summed E-state index contributed by atoms with van der Waals surface area (Å²) in [4.78, 5) is 24.7. The quantitative estimate of drug-likeness (QED) is 0.612. The molecule has 0 radical (unpaired) electrons. The zero-order valence-electron chi connectivity index (χ0n) is 9.84. The van der Waals surface area contributed by atoms with E-state index in [0.717, 1.165) is 9.37 Å². The van der Waals surface area contributed by atoms with Crippen LogP contribution in [-0.4, -0.2) is 36.1 Å². The van der Waals surface area contributed by atoms with Crippen LogP contribution in [0.1, 0.15) is 6.42 Å². The second-order valence-electron chi connectivity index (χ2n) is 3.58. The SMILES string of the molecule is NCCCN(C=O)C(=O)CSc1ccc(Br)cc1. The summed E-state index contributed by atoms with van der Waals surface area (Å²) in [5.41, 5.74) is 5.35. The predicted octanol–water partition coefficient (Wildman–Crippen LogP) is 1.87. The lowest BCUT2D eigenvalue weighted by Gasteiger charge is -2.14. The minimum atomic E-state index is -0.189. The number of halogens is 1. The van der Waals surface area contributed by atoms with Crippen molar-refractivity contribution in [3.63, 3.8) is 0 Å². The number of nitrogens with zero attached hydrogens (tertiary/aromatic N) is 1. The maximum Gasteiger partial charge on any atom is 0.239 e. The molecule has 2 amide bonds. The number of hydrogen-bond donors (Lipinski definition) is 1. The van der Waals surface area contributed by atoms with Crippen molar-refractivity contribution in [3.8, 4) is 0 Å². The maximum atomic E-state index is 11.7. The van der Waals surface area contributed by atoms with Crippen molar-refractivity contribution < 1.29 is 9.59 Å². The molecule has 0 saturated carbocycles. The molecule has 0 heterocycles. The van der Waals surface area contributed by atoms with Gasteiger partial charge in [-0.05, 0) is 37.2 Å². The largest absolute Gasteiger partial charge is 0.330 e. The lowest BCUT2D eigenvalue weighted by atomic mass is 10.4. The lowest BCUT2D eigenvalue weighted by Crippen LogP contribution is -2.32. The van der Waals surface area contributed by atoms with E-state index in [-0.39, 0.29) is 11.7 Å². The molecular formula is C12H15BrN2O2S. The fourth-order valence-corrected chi connectivity index (χ4v) is 2.31. The Labute approximate surface area is 119 Å². The van der Waals surface area contributed by atoms with E-state index < -0.39 is 0 Å². The summed E-state index contributed by atoms with van der Waals surface area (Å²) in [7, 11) is 0. The Balaban J connectivity index is 2.43. The van der Waals surface area contributed by atoms with Crippen molar-refractivity contribution >= 4 is 40.0 Å². The van der Waals surface area contributed by atoms with Gasteiger partial charge in [0.1, 0.15) is 0 Å². The van der Waals surface area contributed by atoms with Crippen molar-refractivity contribution in [1.29, 1.82) is 0 Å². The number of imide groups is 1. The van der Waals surface area contributed by atoms with E-state index in [2.05, 4.69) is 15.9 Å². The molecule has 4 nitrogen and oxygen atoms in total. The minimum absolute atomic E-state index is 0.189. The number of amides is 2. The fraction of sp³-hybridized carbons (Fsp3) is 0.333. The minimum Gasteiger partial charge on any atom is -0.330 e. The van der Waals surface area contributed by atoms with Crippen LogP contribution in [0.3, 0.4) is 0 Å². The summed E-state index contributed by atoms with van der Waals surface area (Å²) in [6.07, 6.45) is 1.20. The molecule has 0 aliphatic heterocycles. The Morgan fingerprint density at radius 2 is 2.06 bits per heavy atom. The molecule has 98 valence electrons. The molecule has 0 aliphatic carbocycles. The van der Waals surface area contributed by atoms with Crippen LogP contribution in [0.2, 0.25) is 0 Å². The number of rotatable bonds is 7. The number of carbonyl (C=O) groups excluding carboxylic acids is 2. The van der Waals surface area contributed by atoms with Gasteiger partial charge < -0.3 is 5.73 Å². The van der Waals surface area contributed by atoms with Gasteiger partial charge in [-0.15, -0.1) is 11.8 Å². The third-order valence-corrected chi connectivity index (χ3v) is 3.75. The zero-order valence-corrected chi connectivity index (χ0v) is 12.2. The van der Waals surface area contributed by atoms with Gasteiger partial charge in [0.15, 0.2) is 0 Å². The Morgan fingerprint density at radius 3 is 2.61 bits per heavy atom. The lowest BCUT2D eigenvalue weighted by molar-refractivity contribution is -0.136. The molecule has 1 rings (SSSR count). The number of thioether (sulfide) groups is 1. The fourth-order valence-electron chi connectivity index (χ4n) is 1.26. The van der Waals surface area contributed by atoms with Crippen LogP contribution in [0.25, 0.3) is 0 Å². The van der Waals surface area contributed by atoms with E-state index in [4.69, 9.17) is 5.73 Å². The summed E-state index contributed by atoms with van der Waals surface area (Å²) in [6.45, 7) is 0.858. The highest BCUT2D eigenvalue weighted by Crippen LogP contribution is 2.20. The van der Waals surface area contributed by atoms with Gasteiger partial charge >= 0.3 is 0 Å². The topological polar surface area (TPSA) is 63.4 Å². The Kier molecular flexibility index (Phi) is 7.00. The second-order valence-corrected chi connectivity index (χ2v) is 5.54. The van der Waals surface area contributed by atoms with Crippen LogP contribution in [0, 0.1) is 0 Å². The summed E-state index contributed by atoms with van der Waals surface area (Å²) in [5.74, 6) is 0.0664. The Morgan fingerprint density at radius 1 is 1.39 bits per heavy atom. The van der Waals surface area contributed by atoms with Gasteiger partial charge in [0.05, 0.1) is 5.75 Å². The molecule has 0 aliphatic rings. The Hall–Kier alpha value is -0.850. The first-order chi connectivity index (χ1) is 8.67. The average Bonchev–Trinajstić information content (AvgIpc) is 2.39. The number of benzene rings is 1. The zero-order chi connectivity index (χ0) is 13.4. The first-order valence-corrected chi connectivity index (χ1v) is 7.28. The standard InChI is InChI=1S/C12H15BrN2O2S/c13-10-2-4-11(5-3-10)18-8-12(17)15(9-16)7-1-6-14/h2-5,9H,1,6-8,14H2. The van der Waals surface area contributed by atoms with Gasteiger partial charge in [-0.1, -0.05) is 15.9 Å². The normalized spacial score (nSPS) is 10.1. The first-order valence-electron chi connectivity index (χ1n) is 5.50. The monoisotopic (exact) mass is 330 g/mol. The third kappa shape index (κ3) is 5.20. The summed E-state index contributed by atoms with van der Waals surface area (Å²) < 4.78 is 0.996. The molecule has 0 fully saturated rings. The summed E-state index contributed by atoms with van der Waals surface area (Å²) >= 11 is 4.76. The van der Waals surface area contributed by atoms with Gasteiger partial charge in [-0.25, -0.2) is 0 Å². The van der Waals surface area contributed by atoms with Crippen molar-refractivity contribution in [2.45, 2.75) is 11.3 Å². The molecule has 1 aromatic rings. The molecule has 2 N–H and O–H groups in total. The second kappa shape index (κ2) is 8.29. The van der Waals surface area contributed by atoms with Crippen LogP contribution in [0.5, 0.6) is 0 Å². The molecule has 0 aromatic heterocycles. The molecule has 0 unspecified atom stereocenters. The average molecular weight is 331 g/mol. The van der Waals surface area contributed by atoms with E-state index in [1.54, 1.807) is 0 Å². The van der Waals surface area contributed by atoms with Gasteiger partial charge in [0, 0.05) is 15.9 Å². The molecule has 6 heteroatoms. The highest BCUT2D eigenvalue weighted by molar-refractivity contribution is 9.10. The highest BCUT2D eigenvalue weighted by atomic mass is 79.9. The molecule has 1 aromatic carbocycles. The van der Waals surface area contributed by atoms with Crippen molar-refractivity contribution in [3.05, 3.63) is 28.7 Å². The van der Waals surface area contributed by atoms with Gasteiger partial charge in [0.25, 0.3) is 0 Å². The van der Waals surface area contributed by atoms with Gasteiger partial charge in [-0.2, -0.15) is 0 Å². The number of hydrogen-bond acceptors (Lipinski definition) is 4. The van der Waals surface area contributed by atoms with E-state index in [1.807, 2.05) is 24.3 Å². The highest BCUT2D eigenvalue weighted by Gasteiger charge is 2.12. The van der Waals surface area contributed by atoms with Crippen molar-refractivity contribution in [1.82, 2.24) is 4.90 Å². The molecule has 0 bridgehead atoms. The van der Waals surface area contributed by atoms with Crippen molar-refractivity contribution in [2.75, 3.05) is 18.8 Å². The molecule has 18 heavy (non-hydrogen) atoms. The number of nitrogens with two attached hydrogens (primary N) is 1. The van der Waals surface area contributed by atoms with E-state index in [0.29, 0.717) is 25.9 Å². The van der Waals surface area contributed by atoms with Gasteiger partial charge in [0.2, 0.25) is 12.3 Å². The van der Waals surface area contributed by atoms with Crippen LogP contribution in [0.15, 0.2) is 33.6 Å². The maximum absolute atomic E-state index is 11.7. The molecule has 0 atom stereocenters.